The molecule has 0 spiro atoms. The number of rotatable bonds is 3. The van der Waals surface area contributed by atoms with E-state index in [4.69, 9.17) is 4.74 Å². The predicted molar refractivity (Wildman–Crippen MR) is 82.0 cm³/mol. The quantitative estimate of drug-likeness (QED) is 0.813. The number of hydrogen-bond donors (Lipinski definition) is 0. The lowest BCUT2D eigenvalue weighted by molar-refractivity contribution is 0.0128. The summed E-state index contributed by atoms with van der Waals surface area (Å²) in [7, 11) is 2.93. The molecular weight excluding hydrogens is 296 g/mol. The maximum atomic E-state index is 12.5. The van der Waals surface area contributed by atoms with E-state index in [1.165, 1.54) is 14.2 Å². The third kappa shape index (κ3) is 2.34. The van der Waals surface area contributed by atoms with Gasteiger partial charge < -0.3 is 4.74 Å². The van der Waals surface area contributed by atoms with Gasteiger partial charge in [0.2, 0.25) is 0 Å². The van der Waals surface area contributed by atoms with Crippen molar-refractivity contribution < 1.29 is 19.1 Å². The van der Waals surface area contributed by atoms with Gasteiger partial charge in [0.05, 0.1) is 18.2 Å². The lowest BCUT2D eigenvalue weighted by Gasteiger charge is -2.25. The van der Waals surface area contributed by atoms with Gasteiger partial charge in [0.15, 0.2) is 0 Å². The molecule has 0 saturated heterocycles. The SMILES string of the molecule is COc1ccc(C(=O)N(C)N2C(=O)c3ccccc3C2=O)cc1. The van der Waals surface area contributed by atoms with Crippen molar-refractivity contribution in [3.63, 3.8) is 0 Å². The lowest BCUT2D eigenvalue weighted by atomic mass is 10.1. The highest BCUT2D eigenvalue weighted by molar-refractivity contribution is 6.22. The molecule has 1 aliphatic rings. The van der Waals surface area contributed by atoms with Crippen LogP contribution >= 0.6 is 0 Å². The third-order valence-electron chi connectivity index (χ3n) is 3.70. The first-order valence-corrected chi connectivity index (χ1v) is 6.94. The van der Waals surface area contributed by atoms with Crippen LogP contribution in [0.2, 0.25) is 0 Å². The van der Waals surface area contributed by atoms with Crippen LogP contribution in [0.1, 0.15) is 31.1 Å². The Hall–Kier alpha value is -3.15. The van der Waals surface area contributed by atoms with Gasteiger partial charge in [-0.2, -0.15) is 5.01 Å². The van der Waals surface area contributed by atoms with Crippen LogP contribution in [0.15, 0.2) is 48.5 Å². The molecule has 6 nitrogen and oxygen atoms in total. The molecule has 0 radical (unpaired) electrons. The van der Waals surface area contributed by atoms with Crippen molar-refractivity contribution >= 4 is 17.7 Å². The molecule has 0 saturated carbocycles. The fraction of sp³-hybridized carbons (Fsp3) is 0.118. The van der Waals surface area contributed by atoms with Crippen LogP contribution in [0.4, 0.5) is 0 Å². The lowest BCUT2D eigenvalue weighted by Crippen LogP contribution is -2.47. The van der Waals surface area contributed by atoms with Gasteiger partial charge in [0, 0.05) is 12.6 Å². The summed E-state index contributed by atoms with van der Waals surface area (Å²) in [6.07, 6.45) is 0. The van der Waals surface area contributed by atoms with E-state index in [0.29, 0.717) is 22.4 Å². The Kier molecular flexibility index (Phi) is 3.57. The Morgan fingerprint density at radius 1 is 0.957 bits per heavy atom. The number of carbonyl (C=O) groups is 3. The monoisotopic (exact) mass is 310 g/mol. The molecule has 1 aliphatic heterocycles. The van der Waals surface area contributed by atoms with Gasteiger partial charge in [-0.15, -0.1) is 0 Å². The molecule has 116 valence electrons. The van der Waals surface area contributed by atoms with Gasteiger partial charge in [-0.3, -0.25) is 14.4 Å². The van der Waals surface area contributed by atoms with Gasteiger partial charge in [0.1, 0.15) is 5.75 Å². The minimum absolute atomic E-state index is 0.298. The summed E-state index contributed by atoms with van der Waals surface area (Å²) in [6, 6.07) is 12.9. The van der Waals surface area contributed by atoms with E-state index >= 15 is 0 Å². The second-order valence-electron chi connectivity index (χ2n) is 5.02. The molecule has 0 N–H and O–H groups in total. The predicted octanol–water partition coefficient (Wildman–Crippen LogP) is 1.98. The van der Waals surface area contributed by atoms with E-state index in [0.717, 1.165) is 10.0 Å². The second kappa shape index (κ2) is 5.57. The highest BCUT2D eigenvalue weighted by Crippen LogP contribution is 2.24. The minimum Gasteiger partial charge on any atom is -0.497 e. The molecule has 3 rings (SSSR count). The zero-order valence-electron chi connectivity index (χ0n) is 12.6. The smallest absolute Gasteiger partial charge is 0.280 e. The van der Waals surface area contributed by atoms with Crippen LogP contribution in [-0.4, -0.2) is 41.9 Å². The average Bonchev–Trinajstić information content (AvgIpc) is 2.85. The van der Waals surface area contributed by atoms with Crippen molar-refractivity contribution in [2.45, 2.75) is 0 Å². The first-order valence-electron chi connectivity index (χ1n) is 6.94. The van der Waals surface area contributed by atoms with Gasteiger partial charge in [-0.05, 0) is 36.4 Å². The number of amides is 3. The van der Waals surface area contributed by atoms with Gasteiger partial charge in [0.25, 0.3) is 17.7 Å². The van der Waals surface area contributed by atoms with E-state index in [9.17, 15) is 14.4 Å². The molecule has 0 aromatic heterocycles. The Morgan fingerprint density at radius 2 is 1.48 bits per heavy atom. The molecule has 0 unspecified atom stereocenters. The van der Waals surface area contributed by atoms with E-state index in [1.807, 2.05) is 0 Å². The molecule has 0 bridgehead atoms. The Morgan fingerprint density at radius 3 is 1.96 bits per heavy atom. The Balaban J connectivity index is 1.88. The van der Waals surface area contributed by atoms with E-state index in [2.05, 4.69) is 0 Å². The van der Waals surface area contributed by atoms with Crippen molar-refractivity contribution in [3.05, 3.63) is 65.2 Å². The van der Waals surface area contributed by atoms with Crippen molar-refractivity contribution in [3.8, 4) is 5.75 Å². The first-order chi connectivity index (χ1) is 11.0. The van der Waals surface area contributed by atoms with E-state index < -0.39 is 17.7 Å². The maximum Gasteiger partial charge on any atom is 0.280 e. The van der Waals surface area contributed by atoms with Crippen molar-refractivity contribution in [2.24, 2.45) is 0 Å². The normalized spacial score (nSPS) is 13.0. The Bertz CT molecular complexity index is 763. The fourth-order valence-electron chi connectivity index (χ4n) is 2.46. The number of carbonyl (C=O) groups excluding carboxylic acids is 3. The topological polar surface area (TPSA) is 66.9 Å². The summed E-state index contributed by atoms with van der Waals surface area (Å²) < 4.78 is 5.04. The number of hydrogen-bond acceptors (Lipinski definition) is 4. The number of benzene rings is 2. The highest BCUT2D eigenvalue weighted by Gasteiger charge is 2.39. The molecule has 1 heterocycles. The maximum absolute atomic E-state index is 12.5. The summed E-state index contributed by atoms with van der Waals surface area (Å²) in [4.78, 5) is 37.3. The van der Waals surface area contributed by atoms with Crippen LogP contribution in [0.3, 0.4) is 0 Å². The van der Waals surface area contributed by atoms with Crippen molar-refractivity contribution in [1.82, 2.24) is 10.0 Å². The van der Waals surface area contributed by atoms with Gasteiger partial charge >= 0.3 is 0 Å². The van der Waals surface area contributed by atoms with Crippen LogP contribution < -0.4 is 4.74 Å². The number of imide groups is 1. The van der Waals surface area contributed by atoms with Crippen LogP contribution in [0, 0.1) is 0 Å². The largest absolute Gasteiger partial charge is 0.497 e. The highest BCUT2D eigenvalue weighted by atomic mass is 16.5. The van der Waals surface area contributed by atoms with Crippen molar-refractivity contribution in [2.75, 3.05) is 14.2 Å². The van der Waals surface area contributed by atoms with E-state index in [1.54, 1.807) is 48.5 Å². The average molecular weight is 310 g/mol. The summed E-state index contributed by atoms with van der Waals surface area (Å²) >= 11 is 0. The zero-order valence-corrected chi connectivity index (χ0v) is 12.6. The first kappa shape index (κ1) is 14.8. The molecule has 2 aromatic carbocycles. The zero-order chi connectivity index (χ0) is 16.6. The van der Waals surface area contributed by atoms with Gasteiger partial charge in [-0.1, -0.05) is 12.1 Å². The standard InChI is InChI=1S/C17H14N2O4/c1-18(15(20)11-7-9-12(23-2)10-8-11)19-16(21)13-5-3-4-6-14(13)17(19)22/h3-10H,1-2H3. The molecule has 2 aromatic rings. The summed E-state index contributed by atoms with van der Waals surface area (Å²) in [5.74, 6) is -0.850. The number of nitrogens with zero attached hydrogens (tertiary/aromatic N) is 2. The number of fused-ring (bicyclic) bond motifs is 1. The molecular formula is C17H14N2O4. The molecule has 0 aliphatic carbocycles. The fourth-order valence-corrected chi connectivity index (χ4v) is 2.46. The molecule has 3 amide bonds. The van der Waals surface area contributed by atoms with Crippen LogP contribution in [0.5, 0.6) is 5.75 Å². The summed E-state index contributed by atoms with van der Waals surface area (Å²) in [6.45, 7) is 0. The summed E-state index contributed by atoms with van der Waals surface area (Å²) in [5, 5.41) is 1.89. The summed E-state index contributed by atoms with van der Waals surface area (Å²) in [5.41, 5.74) is 0.948. The number of ether oxygens (including phenoxy) is 1. The third-order valence-corrected chi connectivity index (χ3v) is 3.70. The second-order valence-corrected chi connectivity index (χ2v) is 5.02. The van der Waals surface area contributed by atoms with Crippen LogP contribution in [0.25, 0.3) is 0 Å². The molecule has 23 heavy (non-hydrogen) atoms. The number of hydrazine groups is 1. The molecule has 6 heteroatoms. The number of methoxy groups -OCH3 is 1. The minimum atomic E-state index is -0.505. The molecule has 0 atom stereocenters. The Labute approximate surface area is 132 Å². The van der Waals surface area contributed by atoms with Crippen molar-refractivity contribution in [1.29, 1.82) is 0 Å². The van der Waals surface area contributed by atoms with Gasteiger partial charge in [-0.25, -0.2) is 5.01 Å². The van der Waals surface area contributed by atoms with Crippen LogP contribution in [-0.2, 0) is 0 Å². The van der Waals surface area contributed by atoms with E-state index in [-0.39, 0.29) is 0 Å². The molecule has 0 fully saturated rings.